The maximum absolute atomic E-state index is 11.2. The van der Waals surface area contributed by atoms with Crippen molar-refractivity contribution in [3.63, 3.8) is 0 Å². The van der Waals surface area contributed by atoms with Gasteiger partial charge in [-0.1, -0.05) is 19.8 Å². The topological polar surface area (TPSA) is 105 Å². The standard InChI is InChI=1S/C12H23BO8S2/c1-2-3-6-13(18-9-11-4-7-22(14,15)20-11)19-10-12-5-8-23(16,17)21-12/h11-12H,2-10H2,1H3. The van der Waals surface area contributed by atoms with Crippen LogP contribution in [0.5, 0.6) is 0 Å². The fraction of sp³-hybridized carbons (Fsp3) is 1.00. The first-order valence-electron chi connectivity index (χ1n) is 7.85. The van der Waals surface area contributed by atoms with Gasteiger partial charge in [-0.25, -0.2) is 0 Å². The monoisotopic (exact) mass is 370 g/mol. The van der Waals surface area contributed by atoms with Crippen LogP contribution in [0, 0.1) is 0 Å². The highest BCUT2D eigenvalue weighted by molar-refractivity contribution is 7.87. The zero-order valence-corrected chi connectivity index (χ0v) is 14.8. The van der Waals surface area contributed by atoms with E-state index >= 15 is 0 Å². The van der Waals surface area contributed by atoms with E-state index in [0.717, 1.165) is 12.8 Å². The van der Waals surface area contributed by atoms with Gasteiger partial charge in [0.25, 0.3) is 20.2 Å². The summed E-state index contributed by atoms with van der Waals surface area (Å²) in [6, 6.07) is 0. The van der Waals surface area contributed by atoms with Crippen molar-refractivity contribution >= 4 is 27.4 Å². The van der Waals surface area contributed by atoms with E-state index in [9.17, 15) is 16.8 Å². The predicted octanol–water partition coefficient (Wildman–Crippen LogP) is 0.545. The van der Waals surface area contributed by atoms with Gasteiger partial charge in [0.1, 0.15) is 0 Å². The zero-order chi connectivity index (χ0) is 16.9. The third-order valence-corrected chi connectivity index (χ3v) is 6.28. The zero-order valence-electron chi connectivity index (χ0n) is 13.2. The summed E-state index contributed by atoms with van der Waals surface area (Å²) < 4.78 is 66.0. The number of hydrogen-bond donors (Lipinski definition) is 0. The number of unbranched alkanes of at least 4 members (excludes halogenated alkanes) is 1. The van der Waals surface area contributed by atoms with Crippen molar-refractivity contribution in [1.82, 2.24) is 0 Å². The fourth-order valence-corrected chi connectivity index (χ4v) is 4.82. The Bertz CT molecular complexity index is 528. The maximum atomic E-state index is 11.2. The van der Waals surface area contributed by atoms with E-state index in [1.54, 1.807) is 0 Å². The Morgan fingerprint density at radius 1 is 0.957 bits per heavy atom. The summed E-state index contributed by atoms with van der Waals surface area (Å²) >= 11 is 0. The Balaban J connectivity index is 1.75. The van der Waals surface area contributed by atoms with Gasteiger partial charge in [-0.05, 0) is 19.2 Å². The third-order valence-electron chi connectivity index (χ3n) is 3.67. The molecule has 8 nitrogen and oxygen atoms in total. The van der Waals surface area contributed by atoms with Crippen LogP contribution in [-0.4, -0.2) is 60.9 Å². The molecule has 2 rings (SSSR count). The lowest BCUT2D eigenvalue weighted by Gasteiger charge is -2.18. The summed E-state index contributed by atoms with van der Waals surface area (Å²) in [6.07, 6.45) is 2.37. The van der Waals surface area contributed by atoms with Crippen molar-refractivity contribution < 1.29 is 34.5 Å². The summed E-state index contributed by atoms with van der Waals surface area (Å²) in [5.41, 5.74) is 0. The SMILES string of the molecule is CCCCB(OCC1CCS(=O)(=O)O1)OCC1CCS(=O)(=O)O1. The highest BCUT2D eigenvalue weighted by atomic mass is 32.2. The van der Waals surface area contributed by atoms with Crippen LogP contribution in [0.3, 0.4) is 0 Å². The van der Waals surface area contributed by atoms with Gasteiger partial charge in [-0.3, -0.25) is 8.37 Å². The lowest BCUT2D eigenvalue weighted by Crippen LogP contribution is -2.31. The minimum absolute atomic E-state index is 0.00921. The summed E-state index contributed by atoms with van der Waals surface area (Å²) in [7, 11) is -7.33. The summed E-state index contributed by atoms with van der Waals surface area (Å²) in [6.45, 7) is 2.31. The molecule has 0 aromatic rings. The lowest BCUT2D eigenvalue weighted by molar-refractivity contribution is 0.0926. The molecule has 2 aliphatic heterocycles. The summed E-state index contributed by atoms with van der Waals surface area (Å²) in [5.74, 6) is 0.0184. The van der Waals surface area contributed by atoms with E-state index in [2.05, 4.69) is 0 Å². The summed E-state index contributed by atoms with van der Waals surface area (Å²) in [5, 5.41) is 0. The molecule has 2 aliphatic rings. The van der Waals surface area contributed by atoms with E-state index in [1.165, 1.54) is 0 Å². The van der Waals surface area contributed by atoms with E-state index in [1.807, 2.05) is 6.92 Å². The molecule has 0 amide bonds. The molecule has 0 spiro atoms. The van der Waals surface area contributed by atoms with Crippen molar-refractivity contribution in [1.29, 1.82) is 0 Å². The molecule has 2 saturated heterocycles. The van der Waals surface area contributed by atoms with Gasteiger partial charge < -0.3 is 9.31 Å². The van der Waals surface area contributed by atoms with Crippen LogP contribution in [-0.2, 0) is 37.9 Å². The Morgan fingerprint density at radius 3 is 1.78 bits per heavy atom. The van der Waals surface area contributed by atoms with Gasteiger partial charge in [0, 0.05) is 0 Å². The normalized spacial score (nSPS) is 28.9. The highest BCUT2D eigenvalue weighted by Crippen LogP contribution is 2.19. The molecule has 2 heterocycles. The minimum atomic E-state index is -3.41. The third kappa shape index (κ3) is 6.67. The van der Waals surface area contributed by atoms with Crippen LogP contribution in [0.15, 0.2) is 0 Å². The Kier molecular flexibility index (Phi) is 6.87. The Morgan fingerprint density at radius 2 is 1.43 bits per heavy atom. The molecule has 11 heteroatoms. The molecule has 0 N–H and O–H groups in total. The highest BCUT2D eigenvalue weighted by Gasteiger charge is 2.32. The molecular weight excluding hydrogens is 347 g/mol. The molecule has 0 aliphatic carbocycles. The van der Waals surface area contributed by atoms with Crippen molar-refractivity contribution in [2.45, 2.75) is 51.1 Å². The lowest BCUT2D eigenvalue weighted by atomic mass is 9.82. The Hall–Kier alpha value is -0.195. The van der Waals surface area contributed by atoms with Crippen molar-refractivity contribution in [3.8, 4) is 0 Å². The van der Waals surface area contributed by atoms with E-state index in [-0.39, 0.29) is 24.7 Å². The molecule has 134 valence electrons. The van der Waals surface area contributed by atoms with Crippen LogP contribution in [0.2, 0.25) is 6.32 Å². The maximum Gasteiger partial charge on any atom is 0.457 e. The molecule has 2 atom stereocenters. The first-order chi connectivity index (χ1) is 10.8. The second kappa shape index (κ2) is 8.26. The van der Waals surface area contributed by atoms with Crippen molar-refractivity contribution in [2.24, 2.45) is 0 Å². The number of rotatable bonds is 9. The molecule has 2 unspecified atom stereocenters. The molecule has 23 heavy (non-hydrogen) atoms. The van der Waals surface area contributed by atoms with E-state index in [4.69, 9.17) is 17.7 Å². The van der Waals surface area contributed by atoms with Gasteiger partial charge in [-0.2, -0.15) is 16.8 Å². The van der Waals surface area contributed by atoms with Crippen LogP contribution < -0.4 is 0 Å². The predicted molar refractivity (Wildman–Crippen MR) is 83.9 cm³/mol. The first-order valence-corrected chi connectivity index (χ1v) is 11.0. The van der Waals surface area contributed by atoms with Gasteiger partial charge in [0.15, 0.2) is 0 Å². The molecule has 0 saturated carbocycles. The second-order valence-electron chi connectivity index (χ2n) is 5.78. The van der Waals surface area contributed by atoms with Gasteiger partial charge in [0.05, 0.1) is 36.9 Å². The second-order valence-corrected chi connectivity index (χ2v) is 9.21. The van der Waals surface area contributed by atoms with E-state index < -0.39 is 39.6 Å². The molecule has 0 aromatic carbocycles. The smallest absolute Gasteiger partial charge is 0.408 e. The number of hydrogen-bond acceptors (Lipinski definition) is 8. The van der Waals surface area contributed by atoms with E-state index in [0.29, 0.717) is 19.2 Å². The van der Waals surface area contributed by atoms with Gasteiger partial charge in [-0.15, -0.1) is 0 Å². The Labute approximate surface area is 138 Å². The first kappa shape index (κ1) is 19.1. The van der Waals surface area contributed by atoms with Crippen LogP contribution in [0.25, 0.3) is 0 Å². The average molecular weight is 370 g/mol. The van der Waals surface area contributed by atoms with Crippen LogP contribution >= 0.6 is 0 Å². The van der Waals surface area contributed by atoms with Crippen LogP contribution in [0.1, 0.15) is 32.6 Å². The molecular formula is C12H23BO8S2. The molecule has 2 fully saturated rings. The average Bonchev–Trinajstić information content (AvgIpc) is 2.99. The van der Waals surface area contributed by atoms with Gasteiger partial charge in [0.2, 0.25) is 0 Å². The largest absolute Gasteiger partial charge is 0.457 e. The molecule has 0 bridgehead atoms. The minimum Gasteiger partial charge on any atom is -0.408 e. The quantitative estimate of drug-likeness (QED) is 0.428. The fourth-order valence-electron chi connectivity index (χ4n) is 2.40. The van der Waals surface area contributed by atoms with Crippen LogP contribution in [0.4, 0.5) is 0 Å². The summed E-state index contributed by atoms with van der Waals surface area (Å²) in [4.78, 5) is 0. The molecule has 0 radical (unpaired) electrons. The van der Waals surface area contributed by atoms with Crippen molar-refractivity contribution in [3.05, 3.63) is 0 Å². The van der Waals surface area contributed by atoms with Crippen molar-refractivity contribution in [2.75, 3.05) is 24.7 Å². The molecule has 0 aromatic heterocycles. The van der Waals surface area contributed by atoms with Gasteiger partial charge >= 0.3 is 7.12 Å².